The van der Waals surface area contributed by atoms with Gasteiger partial charge in [0.25, 0.3) is 0 Å². The van der Waals surface area contributed by atoms with Gasteiger partial charge in [0.15, 0.2) is 0 Å². The number of hydrogen-bond acceptors (Lipinski definition) is 0. The highest BCUT2D eigenvalue weighted by Gasteiger charge is 2.19. The van der Waals surface area contributed by atoms with E-state index in [2.05, 4.69) is 15.9 Å². The lowest BCUT2D eigenvalue weighted by atomic mass is 9.85. The summed E-state index contributed by atoms with van der Waals surface area (Å²) in [6, 6.07) is 4.08. The van der Waals surface area contributed by atoms with Crippen LogP contribution in [0.1, 0.15) is 44.1 Å². The highest BCUT2D eigenvalue weighted by atomic mass is 79.9. The highest BCUT2D eigenvalue weighted by Crippen LogP contribution is 2.30. The van der Waals surface area contributed by atoms with Gasteiger partial charge < -0.3 is 0 Å². The fourth-order valence-corrected chi connectivity index (χ4v) is 3.67. The zero-order valence-electron chi connectivity index (χ0n) is 10.5. The van der Waals surface area contributed by atoms with Gasteiger partial charge in [0.05, 0.1) is 0 Å². The third-order valence-corrected chi connectivity index (χ3v) is 4.50. The van der Waals surface area contributed by atoms with Crippen molar-refractivity contribution in [3.8, 4) is 0 Å². The molecular formula is C15H19BrF2. The molecule has 0 aliphatic heterocycles. The van der Waals surface area contributed by atoms with E-state index in [1.807, 2.05) is 0 Å². The standard InChI is InChI=1S/C15H19BrF2/c16-12(9-11-5-2-1-3-6-11)10-13-14(17)7-4-8-15(13)18/h4,7-8,11-12H,1-3,5-6,9-10H2. The Bertz CT molecular complexity index is 366. The van der Waals surface area contributed by atoms with Crippen molar-refractivity contribution >= 4 is 15.9 Å². The summed E-state index contributed by atoms with van der Waals surface area (Å²) in [7, 11) is 0. The van der Waals surface area contributed by atoms with Gasteiger partial charge in [-0.1, -0.05) is 54.1 Å². The van der Waals surface area contributed by atoms with Crippen molar-refractivity contribution in [2.45, 2.75) is 49.8 Å². The van der Waals surface area contributed by atoms with Crippen LogP contribution < -0.4 is 0 Å². The first-order chi connectivity index (χ1) is 8.66. The van der Waals surface area contributed by atoms with Crippen LogP contribution in [0.2, 0.25) is 0 Å². The van der Waals surface area contributed by atoms with Gasteiger partial charge in [0.2, 0.25) is 0 Å². The first kappa shape index (κ1) is 14.0. The maximum Gasteiger partial charge on any atom is 0.129 e. The Hall–Kier alpha value is -0.440. The number of alkyl halides is 1. The second kappa shape index (κ2) is 6.65. The molecule has 0 saturated heterocycles. The molecule has 0 aromatic heterocycles. The van der Waals surface area contributed by atoms with E-state index >= 15 is 0 Å². The lowest BCUT2D eigenvalue weighted by Crippen LogP contribution is -2.15. The maximum atomic E-state index is 13.5. The van der Waals surface area contributed by atoms with Gasteiger partial charge in [-0.05, 0) is 30.9 Å². The topological polar surface area (TPSA) is 0 Å². The molecule has 1 aromatic rings. The van der Waals surface area contributed by atoms with Gasteiger partial charge in [-0.2, -0.15) is 0 Å². The second-order valence-electron chi connectivity index (χ2n) is 5.24. The van der Waals surface area contributed by atoms with Crippen molar-refractivity contribution in [3.05, 3.63) is 35.4 Å². The van der Waals surface area contributed by atoms with Crippen molar-refractivity contribution in [2.24, 2.45) is 5.92 Å². The minimum atomic E-state index is -0.428. The Labute approximate surface area is 116 Å². The number of hydrogen-bond donors (Lipinski definition) is 0. The molecule has 1 unspecified atom stereocenters. The molecule has 0 N–H and O–H groups in total. The van der Waals surface area contributed by atoms with Gasteiger partial charge in [-0.25, -0.2) is 8.78 Å². The smallest absolute Gasteiger partial charge is 0.129 e. The Balaban J connectivity index is 1.92. The quantitative estimate of drug-likeness (QED) is 0.666. The van der Waals surface area contributed by atoms with Crippen molar-refractivity contribution in [1.29, 1.82) is 0 Å². The normalized spacial score (nSPS) is 18.8. The van der Waals surface area contributed by atoms with E-state index in [-0.39, 0.29) is 10.4 Å². The van der Waals surface area contributed by atoms with E-state index < -0.39 is 11.6 Å². The van der Waals surface area contributed by atoms with Crippen molar-refractivity contribution in [1.82, 2.24) is 0 Å². The molecule has 2 rings (SSSR count). The molecule has 3 heteroatoms. The summed E-state index contributed by atoms with van der Waals surface area (Å²) in [5.41, 5.74) is 0.218. The van der Waals surface area contributed by atoms with E-state index in [1.54, 1.807) is 0 Å². The van der Waals surface area contributed by atoms with Gasteiger partial charge in [-0.15, -0.1) is 0 Å². The third-order valence-electron chi connectivity index (χ3n) is 3.80. The van der Waals surface area contributed by atoms with E-state index in [4.69, 9.17) is 0 Å². The Morgan fingerprint density at radius 3 is 2.33 bits per heavy atom. The van der Waals surface area contributed by atoms with Crippen molar-refractivity contribution in [3.63, 3.8) is 0 Å². The summed E-state index contributed by atoms with van der Waals surface area (Å²) in [5, 5.41) is 0. The first-order valence-electron chi connectivity index (χ1n) is 6.73. The highest BCUT2D eigenvalue weighted by molar-refractivity contribution is 9.09. The predicted octanol–water partition coefficient (Wildman–Crippen LogP) is 5.24. The molecule has 0 bridgehead atoms. The number of halogens is 3. The van der Waals surface area contributed by atoms with E-state index in [9.17, 15) is 8.78 Å². The Kier molecular flexibility index (Phi) is 5.16. The van der Waals surface area contributed by atoms with Crippen molar-refractivity contribution < 1.29 is 8.78 Å². The van der Waals surface area contributed by atoms with Crippen LogP contribution in [-0.4, -0.2) is 4.83 Å². The summed E-state index contributed by atoms with van der Waals surface area (Å²) in [5.74, 6) is -0.135. The van der Waals surface area contributed by atoms with Crippen LogP contribution in [0.3, 0.4) is 0 Å². The molecule has 0 heterocycles. The average molecular weight is 317 g/mol. The second-order valence-corrected chi connectivity index (χ2v) is 6.54. The summed E-state index contributed by atoms with van der Waals surface area (Å²) < 4.78 is 27.1. The van der Waals surface area contributed by atoms with Crippen molar-refractivity contribution in [2.75, 3.05) is 0 Å². The van der Waals surface area contributed by atoms with Crippen LogP contribution >= 0.6 is 15.9 Å². The molecular weight excluding hydrogens is 298 g/mol. The number of rotatable bonds is 4. The van der Waals surface area contributed by atoms with E-state index in [0.29, 0.717) is 6.42 Å². The summed E-state index contributed by atoms with van der Waals surface area (Å²) in [6.45, 7) is 0. The van der Waals surface area contributed by atoms with Crippen LogP contribution in [0.25, 0.3) is 0 Å². The van der Waals surface area contributed by atoms with E-state index in [1.165, 1.54) is 50.3 Å². The van der Waals surface area contributed by atoms with Gasteiger partial charge in [-0.3, -0.25) is 0 Å². The Morgan fingerprint density at radius 2 is 1.72 bits per heavy atom. The van der Waals surface area contributed by atoms with Crippen LogP contribution in [0.15, 0.2) is 18.2 Å². The Morgan fingerprint density at radius 1 is 1.11 bits per heavy atom. The molecule has 1 aliphatic rings. The summed E-state index contributed by atoms with van der Waals surface area (Å²) in [4.78, 5) is 0.173. The molecule has 0 amide bonds. The van der Waals surface area contributed by atoms with Gasteiger partial charge in [0, 0.05) is 10.4 Å². The van der Waals surface area contributed by atoms with Crippen LogP contribution in [0.5, 0.6) is 0 Å². The van der Waals surface area contributed by atoms with Gasteiger partial charge >= 0.3 is 0 Å². The summed E-state index contributed by atoms with van der Waals surface area (Å²) >= 11 is 3.59. The molecule has 0 radical (unpaired) electrons. The molecule has 18 heavy (non-hydrogen) atoms. The lowest BCUT2D eigenvalue weighted by Gasteiger charge is -2.24. The monoisotopic (exact) mass is 316 g/mol. The fourth-order valence-electron chi connectivity index (χ4n) is 2.82. The summed E-state index contributed by atoms with van der Waals surface area (Å²) in [6.07, 6.45) is 7.94. The lowest BCUT2D eigenvalue weighted by molar-refractivity contribution is 0.336. The SMILES string of the molecule is Fc1cccc(F)c1CC(Br)CC1CCCCC1. The molecule has 1 aromatic carbocycles. The molecule has 1 fully saturated rings. The number of benzene rings is 1. The third kappa shape index (κ3) is 3.78. The minimum absolute atomic E-state index is 0.173. The molecule has 0 spiro atoms. The average Bonchev–Trinajstić information content (AvgIpc) is 2.35. The zero-order valence-corrected chi connectivity index (χ0v) is 12.1. The van der Waals surface area contributed by atoms with Crippen LogP contribution in [0.4, 0.5) is 8.78 Å². The fraction of sp³-hybridized carbons (Fsp3) is 0.600. The molecule has 1 saturated carbocycles. The minimum Gasteiger partial charge on any atom is -0.207 e. The molecule has 1 atom stereocenters. The zero-order chi connectivity index (χ0) is 13.0. The van der Waals surface area contributed by atoms with Crippen LogP contribution in [0, 0.1) is 17.6 Å². The first-order valence-corrected chi connectivity index (χ1v) is 7.65. The predicted molar refractivity (Wildman–Crippen MR) is 74.0 cm³/mol. The molecule has 100 valence electrons. The largest absolute Gasteiger partial charge is 0.207 e. The molecule has 0 nitrogen and oxygen atoms in total. The van der Waals surface area contributed by atoms with Gasteiger partial charge in [0.1, 0.15) is 11.6 Å². The molecule has 1 aliphatic carbocycles. The van der Waals surface area contributed by atoms with E-state index in [0.717, 1.165) is 12.3 Å². The van der Waals surface area contributed by atoms with Crippen LogP contribution in [-0.2, 0) is 6.42 Å². The maximum absolute atomic E-state index is 13.5.